The number of benzene rings is 1. The summed E-state index contributed by atoms with van der Waals surface area (Å²) in [5, 5.41) is 7.94. The van der Waals surface area contributed by atoms with E-state index in [0.717, 1.165) is 11.2 Å². The van der Waals surface area contributed by atoms with Crippen molar-refractivity contribution in [2.45, 2.75) is 11.8 Å². The lowest BCUT2D eigenvalue weighted by molar-refractivity contribution is 0.258. The summed E-state index contributed by atoms with van der Waals surface area (Å²) in [6, 6.07) is 6.94. The molecule has 0 bridgehead atoms. The number of sulfonamides is 1. The predicted molar refractivity (Wildman–Crippen MR) is 92.2 cm³/mol. The molecular weight excluding hydrogens is 342 g/mol. The highest BCUT2D eigenvalue weighted by atomic mass is 32.2. The van der Waals surface area contributed by atoms with Crippen molar-refractivity contribution in [2.75, 3.05) is 19.6 Å². The van der Waals surface area contributed by atoms with Gasteiger partial charge in [0.05, 0.1) is 6.04 Å². The smallest absolute Gasteiger partial charge is 0.220 e. The molecule has 1 atom stereocenters. The average Bonchev–Trinajstić information content (AvgIpc) is 3.21. The van der Waals surface area contributed by atoms with Gasteiger partial charge in [-0.3, -0.25) is 0 Å². The minimum absolute atomic E-state index is 0.190. The molecule has 0 spiro atoms. The molecule has 1 aliphatic rings. The minimum Gasteiger partial charge on any atom is -0.356 e. The van der Waals surface area contributed by atoms with E-state index in [9.17, 15) is 8.42 Å². The summed E-state index contributed by atoms with van der Waals surface area (Å²) in [5.41, 5.74) is 1.03. The Kier molecular flexibility index (Phi) is 4.06. The molecule has 4 rings (SSSR count). The SMILES string of the molecule is Cn1ccnc1[C@H]1CNCCN1S(=O)(=O)Cc1noc2ccccc12. The van der Waals surface area contributed by atoms with E-state index < -0.39 is 10.0 Å². The summed E-state index contributed by atoms with van der Waals surface area (Å²) in [6.45, 7) is 1.54. The fourth-order valence-corrected chi connectivity index (χ4v) is 4.88. The number of rotatable bonds is 4. The predicted octanol–water partition coefficient (Wildman–Crippen LogP) is 1.04. The van der Waals surface area contributed by atoms with Crippen LogP contribution < -0.4 is 5.32 Å². The Morgan fingerprint density at radius 2 is 2.20 bits per heavy atom. The minimum atomic E-state index is -3.57. The molecule has 1 N–H and O–H groups in total. The van der Waals surface area contributed by atoms with Gasteiger partial charge < -0.3 is 14.4 Å². The van der Waals surface area contributed by atoms with E-state index in [0.29, 0.717) is 30.9 Å². The molecule has 0 saturated carbocycles. The molecular formula is C16H19N5O3S. The van der Waals surface area contributed by atoms with Crippen LogP contribution in [0.2, 0.25) is 0 Å². The van der Waals surface area contributed by atoms with Gasteiger partial charge >= 0.3 is 0 Å². The maximum absolute atomic E-state index is 13.1. The Morgan fingerprint density at radius 1 is 1.36 bits per heavy atom. The highest BCUT2D eigenvalue weighted by Gasteiger charge is 2.36. The summed E-state index contributed by atoms with van der Waals surface area (Å²) in [4.78, 5) is 4.33. The average molecular weight is 361 g/mol. The lowest BCUT2D eigenvalue weighted by Crippen LogP contribution is -2.49. The van der Waals surface area contributed by atoms with E-state index in [1.807, 2.05) is 36.0 Å². The molecule has 8 nitrogen and oxygen atoms in total. The highest BCUT2D eigenvalue weighted by Crippen LogP contribution is 2.27. The van der Waals surface area contributed by atoms with Gasteiger partial charge in [0, 0.05) is 44.5 Å². The molecule has 1 aromatic carbocycles. The Balaban J connectivity index is 1.67. The molecule has 1 fully saturated rings. The fourth-order valence-electron chi connectivity index (χ4n) is 3.23. The molecule has 0 aliphatic carbocycles. The van der Waals surface area contributed by atoms with Gasteiger partial charge in [-0.25, -0.2) is 13.4 Å². The molecule has 2 aromatic heterocycles. The van der Waals surface area contributed by atoms with E-state index in [2.05, 4.69) is 15.5 Å². The Labute approximate surface area is 145 Å². The summed E-state index contributed by atoms with van der Waals surface area (Å²) < 4.78 is 34.8. The Bertz CT molecular complexity index is 994. The van der Waals surface area contributed by atoms with Crippen molar-refractivity contribution >= 4 is 21.0 Å². The van der Waals surface area contributed by atoms with Gasteiger partial charge in [0.15, 0.2) is 5.58 Å². The summed E-state index contributed by atoms with van der Waals surface area (Å²) in [5.74, 6) is 0.533. The highest BCUT2D eigenvalue weighted by molar-refractivity contribution is 7.88. The maximum Gasteiger partial charge on any atom is 0.220 e. The molecule has 0 amide bonds. The number of hydrogen-bond donors (Lipinski definition) is 1. The van der Waals surface area contributed by atoms with Gasteiger partial charge in [-0.15, -0.1) is 0 Å². The Hall–Kier alpha value is -2.23. The molecule has 3 aromatic rings. The van der Waals surface area contributed by atoms with Gasteiger partial charge in [0.2, 0.25) is 10.0 Å². The summed E-state index contributed by atoms with van der Waals surface area (Å²) in [7, 11) is -1.70. The van der Waals surface area contributed by atoms with Crippen LogP contribution in [0.15, 0.2) is 41.2 Å². The monoisotopic (exact) mass is 361 g/mol. The first kappa shape index (κ1) is 16.2. The molecule has 0 unspecified atom stereocenters. The largest absolute Gasteiger partial charge is 0.356 e. The van der Waals surface area contributed by atoms with Gasteiger partial charge in [-0.1, -0.05) is 17.3 Å². The maximum atomic E-state index is 13.1. The van der Waals surface area contributed by atoms with E-state index in [4.69, 9.17) is 4.52 Å². The lowest BCUT2D eigenvalue weighted by atomic mass is 10.2. The molecule has 0 radical (unpaired) electrons. The van der Waals surface area contributed by atoms with Crippen molar-refractivity contribution in [3.63, 3.8) is 0 Å². The van der Waals surface area contributed by atoms with Crippen molar-refractivity contribution in [2.24, 2.45) is 7.05 Å². The number of aromatic nitrogens is 3. The summed E-state index contributed by atoms with van der Waals surface area (Å²) >= 11 is 0. The van der Waals surface area contributed by atoms with Crippen molar-refractivity contribution in [1.29, 1.82) is 0 Å². The van der Waals surface area contributed by atoms with Crippen LogP contribution in [-0.4, -0.2) is 47.1 Å². The zero-order valence-corrected chi connectivity index (χ0v) is 14.6. The number of imidazole rings is 1. The first-order valence-corrected chi connectivity index (χ1v) is 9.68. The second-order valence-electron chi connectivity index (χ2n) is 6.11. The molecule has 1 saturated heterocycles. The molecule has 25 heavy (non-hydrogen) atoms. The number of hydrogen-bond acceptors (Lipinski definition) is 6. The number of para-hydroxylation sites is 1. The number of nitrogens with zero attached hydrogens (tertiary/aromatic N) is 4. The molecule has 132 valence electrons. The van der Waals surface area contributed by atoms with Crippen molar-refractivity contribution < 1.29 is 12.9 Å². The van der Waals surface area contributed by atoms with Crippen LogP contribution in [0, 0.1) is 0 Å². The third kappa shape index (κ3) is 2.94. The lowest BCUT2D eigenvalue weighted by Gasteiger charge is -2.34. The first-order valence-electron chi connectivity index (χ1n) is 8.07. The van der Waals surface area contributed by atoms with Crippen LogP contribution in [0.1, 0.15) is 17.6 Å². The standard InChI is InChI=1S/C16H19N5O3S/c1-20-8-7-18-16(20)14-10-17-6-9-21(14)25(22,23)11-13-12-4-2-3-5-15(12)24-19-13/h2-5,7-8,14,17H,6,9-11H2,1H3/t14-/m1/s1. The van der Waals surface area contributed by atoms with Crippen LogP contribution in [0.5, 0.6) is 0 Å². The van der Waals surface area contributed by atoms with Crippen molar-refractivity contribution in [3.8, 4) is 0 Å². The van der Waals surface area contributed by atoms with Gasteiger partial charge in [0.25, 0.3) is 0 Å². The number of piperazine rings is 1. The second-order valence-corrected chi connectivity index (χ2v) is 8.03. The van der Waals surface area contributed by atoms with E-state index in [-0.39, 0.29) is 11.8 Å². The number of aryl methyl sites for hydroxylation is 1. The van der Waals surface area contributed by atoms with Gasteiger partial charge in [-0.05, 0) is 12.1 Å². The first-order chi connectivity index (χ1) is 12.1. The number of nitrogens with one attached hydrogen (secondary N) is 1. The third-order valence-electron chi connectivity index (χ3n) is 4.48. The zero-order chi connectivity index (χ0) is 17.4. The van der Waals surface area contributed by atoms with Gasteiger partial charge in [-0.2, -0.15) is 4.31 Å². The Morgan fingerprint density at radius 3 is 3.00 bits per heavy atom. The second kappa shape index (κ2) is 6.25. The third-order valence-corrected chi connectivity index (χ3v) is 6.27. The van der Waals surface area contributed by atoms with Crippen molar-refractivity contribution in [1.82, 2.24) is 24.3 Å². The molecule has 3 heterocycles. The summed E-state index contributed by atoms with van der Waals surface area (Å²) in [6.07, 6.45) is 3.50. The van der Waals surface area contributed by atoms with E-state index in [1.165, 1.54) is 4.31 Å². The topological polar surface area (TPSA) is 93.3 Å². The molecule has 9 heteroatoms. The van der Waals surface area contributed by atoms with E-state index >= 15 is 0 Å². The van der Waals surface area contributed by atoms with Crippen LogP contribution in [0.25, 0.3) is 11.0 Å². The normalized spacial score (nSPS) is 19.5. The zero-order valence-electron chi connectivity index (χ0n) is 13.8. The van der Waals surface area contributed by atoms with Gasteiger partial charge in [0.1, 0.15) is 17.3 Å². The van der Waals surface area contributed by atoms with E-state index in [1.54, 1.807) is 12.3 Å². The molecule has 1 aliphatic heterocycles. The number of fused-ring (bicyclic) bond motifs is 1. The van der Waals surface area contributed by atoms with Crippen LogP contribution in [0.4, 0.5) is 0 Å². The van der Waals surface area contributed by atoms with Crippen molar-refractivity contribution in [3.05, 3.63) is 48.2 Å². The van der Waals surface area contributed by atoms with Crippen LogP contribution in [0.3, 0.4) is 0 Å². The van der Waals surface area contributed by atoms with Crippen LogP contribution in [-0.2, 0) is 22.8 Å². The quantitative estimate of drug-likeness (QED) is 0.746. The fraction of sp³-hybridized carbons (Fsp3) is 0.375. The van der Waals surface area contributed by atoms with Crippen LogP contribution >= 0.6 is 0 Å².